The van der Waals surface area contributed by atoms with E-state index in [9.17, 15) is 9.18 Å². The predicted octanol–water partition coefficient (Wildman–Crippen LogP) is 2.86. The van der Waals surface area contributed by atoms with Crippen LogP contribution in [-0.2, 0) is 28.5 Å². The molecule has 1 fully saturated rings. The molecular weight excluding hydrogens is 536 g/mol. The zero-order valence-electron chi connectivity index (χ0n) is 20.8. The summed E-state index contributed by atoms with van der Waals surface area (Å²) in [4.78, 5) is 22.8. The van der Waals surface area contributed by atoms with Crippen molar-refractivity contribution in [3.05, 3.63) is 39.8 Å². The smallest absolute Gasteiger partial charge is 0.295 e. The molecular formula is C23H28Cl2FN3O8. The highest BCUT2D eigenvalue weighted by Gasteiger charge is 2.48. The lowest BCUT2D eigenvalue weighted by atomic mass is 9.98. The molecule has 11 nitrogen and oxygen atoms in total. The van der Waals surface area contributed by atoms with E-state index in [1.807, 2.05) is 0 Å². The van der Waals surface area contributed by atoms with Gasteiger partial charge in [0.05, 0.1) is 35.1 Å². The quantitative estimate of drug-likeness (QED) is 0.415. The van der Waals surface area contributed by atoms with E-state index in [0.717, 1.165) is 0 Å². The molecule has 5 atom stereocenters. The lowest BCUT2D eigenvalue weighted by Crippen LogP contribution is -2.62. The van der Waals surface area contributed by atoms with Crippen LogP contribution in [0, 0.1) is 5.82 Å². The molecule has 3 N–H and O–H groups in total. The normalized spacial score (nSPS) is 23.6. The van der Waals surface area contributed by atoms with Crippen molar-refractivity contribution < 1.29 is 42.4 Å². The Balaban J connectivity index is 1.87. The van der Waals surface area contributed by atoms with Crippen LogP contribution in [0.3, 0.4) is 0 Å². The number of anilines is 1. The van der Waals surface area contributed by atoms with Gasteiger partial charge in [-0.15, -0.1) is 0 Å². The van der Waals surface area contributed by atoms with Crippen LogP contribution in [0.25, 0.3) is 11.3 Å². The Morgan fingerprint density at radius 3 is 2.38 bits per heavy atom. The summed E-state index contributed by atoms with van der Waals surface area (Å²) in [5, 5.41) is -0.0976. The number of pyridine rings is 1. The lowest BCUT2D eigenvalue weighted by molar-refractivity contribution is -0.322. The minimum Gasteiger partial charge on any atom is -0.492 e. The third kappa shape index (κ3) is 6.07. The van der Waals surface area contributed by atoms with Crippen LogP contribution in [0.15, 0.2) is 18.2 Å². The Labute approximate surface area is 223 Å². The average molecular weight is 564 g/mol. The molecule has 0 unspecified atom stereocenters. The van der Waals surface area contributed by atoms with Gasteiger partial charge in [0.2, 0.25) is 6.29 Å². The molecule has 1 aromatic heterocycles. The molecule has 204 valence electrons. The first kappa shape index (κ1) is 29.3. The van der Waals surface area contributed by atoms with Crippen LogP contribution in [0.1, 0.15) is 10.5 Å². The summed E-state index contributed by atoms with van der Waals surface area (Å²) in [6, 6.07) is 4.12. The highest BCUT2D eigenvalue weighted by atomic mass is 35.5. The van der Waals surface area contributed by atoms with Crippen LogP contribution in [0.5, 0.6) is 5.75 Å². The Morgan fingerprint density at radius 2 is 1.78 bits per heavy atom. The summed E-state index contributed by atoms with van der Waals surface area (Å²) in [5.41, 5.74) is 7.90. The van der Waals surface area contributed by atoms with Crippen LogP contribution >= 0.6 is 23.2 Å². The molecule has 1 aromatic carbocycles. The Hall–Kier alpha value is -2.29. The number of amides is 1. The topological polar surface area (TPSA) is 133 Å². The van der Waals surface area contributed by atoms with Crippen LogP contribution in [0.2, 0.25) is 10.0 Å². The summed E-state index contributed by atoms with van der Waals surface area (Å²) >= 11 is 12.2. The molecule has 0 aliphatic carbocycles. The average Bonchev–Trinajstić information content (AvgIpc) is 2.88. The second-order valence-electron chi connectivity index (χ2n) is 7.85. The first-order valence-corrected chi connectivity index (χ1v) is 11.6. The SMILES string of the molecule is COC[C@H]1O[C@H](ONC(=O)c2nc(-c3ccc(Cl)c(OC)c3F)cc(N)c2Cl)[C@H](OC)[C@@H](OC)[C@@H]1OC. The van der Waals surface area contributed by atoms with Gasteiger partial charge in [0.25, 0.3) is 5.91 Å². The van der Waals surface area contributed by atoms with Crippen LogP contribution in [0.4, 0.5) is 10.1 Å². The molecule has 2 aromatic rings. The largest absolute Gasteiger partial charge is 0.492 e. The van der Waals surface area contributed by atoms with Crippen molar-refractivity contribution in [1.29, 1.82) is 0 Å². The summed E-state index contributed by atoms with van der Waals surface area (Å²) in [5.74, 6) is -1.84. The van der Waals surface area contributed by atoms with Crippen molar-refractivity contribution in [3.63, 3.8) is 0 Å². The Kier molecular flexibility index (Phi) is 10.3. The molecule has 1 saturated heterocycles. The van der Waals surface area contributed by atoms with Gasteiger partial charge in [0, 0.05) is 34.0 Å². The number of nitrogen functional groups attached to an aromatic ring is 1. The van der Waals surface area contributed by atoms with Gasteiger partial charge in [-0.2, -0.15) is 0 Å². The molecule has 3 rings (SSSR count). The zero-order valence-corrected chi connectivity index (χ0v) is 22.3. The molecule has 37 heavy (non-hydrogen) atoms. The number of carbonyl (C=O) groups excluding carboxylic acids is 1. The highest BCUT2D eigenvalue weighted by molar-refractivity contribution is 6.36. The second-order valence-corrected chi connectivity index (χ2v) is 8.63. The fourth-order valence-corrected chi connectivity index (χ4v) is 4.39. The van der Waals surface area contributed by atoms with Gasteiger partial charge in [-0.05, 0) is 18.2 Å². The van der Waals surface area contributed by atoms with Crippen LogP contribution < -0.4 is 16.0 Å². The van der Waals surface area contributed by atoms with E-state index in [1.54, 1.807) is 0 Å². The number of nitrogens with one attached hydrogen (secondary N) is 1. The molecule has 0 bridgehead atoms. The second kappa shape index (κ2) is 13.0. The van der Waals surface area contributed by atoms with Gasteiger partial charge in [0.15, 0.2) is 17.3 Å². The van der Waals surface area contributed by atoms with Crippen LogP contribution in [-0.4, -0.2) is 83.8 Å². The summed E-state index contributed by atoms with van der Waals surface area (Å²) in [7, 11) is 7.19. The van der Waals surface area contributed by atoms with E-state index in [4.69, 9.17) is 62.2 Å². The molecule has 0 saturated carbocycles. The fourth-order valence-electron chi connectivity index (χ4n) is 3.99. The number of aromatic nitrogens is 1. The molecule has 2 heterocycles. The van der Waals surface area contributed by atoms with E-state index in [0.29, 0.717) is 0 Å². The molecule has 0 radical (unpaired) electrons. The summed E-state index contributed by atoms with van der Waals surface area (Å²) in [6.45, 7) is 0.157. The maximum atomic E-state index is 15.0. The number of nitrogens with zero attached hydrogens (tertiary/aromatic N) is 1. The van der Waals surface area contributed by atoms with E-state index >= 15 is 0 Å². The number of carbonyl (C=O) groups is 1. The number of nitrogens with two attached hydrogens (primary N) is 1. The third-order valence-electron chi connectivity index (χ3n) is 5.74. The van der Waals surface area contributed by atoms with Crippen molar-refractivity contribution in [2.24, 2.45) is 0 Å². The molecule has 1 aliphatic heterocycles. The van der Waals surface area contributed by atoms with Crippen molar-refractivity contribution in [2.75, 3.05) is 47.9 Å². The van der Waals surface area contributed by atoms with Crippen molar-refractivity contribution in [2.45, 2.75) is 30.7 Å². The van der Waals surface area contributed by atoms with Gasteiger partial charge in [-0.3, -0.25) is 4.79 Å². The van der Waals surface area contributed by atoms with Gasteiger partial charge in [-0.1, -0.05) is 23.2 Å². The number of rotatable bonds is 10. The fraction of sp³-hybridized carbons (Fsp3) is 0.478. The van der Waals surface area contributed by atoms with Gasteiger partial charge < -0.3 is 34.2 Å². The number of hydroxylamine groups is 1. The monoisotopic (exact) mass is 563 g/mol. The highest BCUT2D eigenvalue weighted by Crippen LogP contribution is 2.36. The number of ether oxygens (including phenoxy) is 6. The van der Waals surface area contributed by atoms with E-state index in [-0.39, 0.29) is 45.0 Å². The molecule has 1 amide bonds. The first-order chi connectivity index (χ1) is 17.7. The lowest BCUT2D eigenvalue weighted by Gasteiger charge is -2.43. The predicted molar refractivity (Wildman–Crippen MR) is 132 cm³/mol. The summed E-state index contributed by atoms with van der Waals surface area (Å²) < 4.78 is 47.7. The van der Waals surface area contributed by atoms with Crippen molar-refractivity contribution in [1.82, 2.24) is 10.5 Å². The van der Waals surface area contributed by atoms with Crippen molar-refractivity contribution in [3.8, 4) is 17.0 Å². The maximum Gasteiger partial charge on any atom is 0.295 e. The molecule has 0 spiro atoms. The van der Waals surface area contributed by atoms with Crippen molar-refractivity contribution >= 4 is 34.8 Å². The number of halogens is 3. The minimum atomic E-state index is -1.12. The van der Waals surface area contributed by atoms with Gasteiger partial charge in [-0.25, -0.2) is 19.7 Å². The molecule has 14 heteroatoms. The summed E-state index contributed by atoms with van der Waals surface area (Å²) in [6.07, 6.45) is -3.67. The Morgan fingerprint density at radius 1 is 1.11 bits per heavy atom. The number of hydrogen-bond donors (Lipinski definition) is 2. The van der Waals surface area contributed by atoms with Gasteiger partial charge >= 0.3 is 0 Å². The molecule has 1 aliphatic rings. The Bertz CT molecular complexity index is 1110. The standard InChI is InChI=1S/C23H28Cl2FN3O8/c1-31-9-14-19(33-3)20(34-4)21(35-5)23(36-14)37-29-22(30)17-15(25)12(27)8-13(28-17)10-6-7-11(24)18(32-2)16(10)26/h6-8,14,19-21,23H,9H2,1-5H3,(H2,27,28)(H,29,30)/t14-,19-,20+,21-,23-/m1/s1. The zero-order chi connectivity index (χ0) is 27.3. The first-order valence-electron chi connectivity index (χ1n) is 10.9. The van der Waals surface area contributed by atoms with Gasteiger partial charge in [0.1, 0.15) is 24.4 Å². The third-order valence-corrected chi connectivity index (χ3v) is 6.43. The maximum absolute atomic E-state index is 15.0. The number of benzene rings is 1. The van der Waals surface area contributed by atoms with E-state index in [1.165, 1.54) is 53.7 Å². The van der Waals surface area contributed by atoms with E-state index in [2.05, 4.69) is 10.5 Å². The number of hydrogen-bond acceptors (Lipinski definition) is 10. The minimum absolute atomic E-state index is 0.00871. The number of methoxy groups -OCH3 is 5. The van der Waals surface area contributed by atoms with E-state index < -0.39 is 42.4 Å².